The van der Waals surface area contributed by atoms with Crippen LogP contribution in [0.4, 0.5) is 0 Å². The van der Waals surface area contributed by atoms with E-state index in [0.717, 1.165) is 25.1 Å². The molecule has 1 aromatic carbocycles. The van der Waals surface area contributed by atoms with Gasteiger partial charge in [-0.2, -0.15) is 5.10 Å². The molecule has 0 saturated carbocycles. The second-order valence-corrected chi connectivity index (χ2v) is 7.34. The number of carbonyl (C=O) groups is 1. The number of hydrogen-bond donors (Lipinski definition) is 0. The number of hydrogen-bond acceptors (Lipinski definition) is 3. The molecule has 0 N–H and O–H groups in total. The highest BCUT2D eigenvalue weighted by Crippen LogP contribution is 2.32. The monoisotopic (exact) mass is 339 g/mol. The summed E-state index contributed by atoms with van der Waals surface area (Å²) in [5.74, 6) is 0.900. The summed E-state index contributed by atoms with van der Waals surface area (Å²) in [6.07, 6.45) is 4.60. The number of nitrogens with zero attached hydrogens (tertiary/aromatic N) is 3. The smallest absolute Gasteiger partial charge is 0.223 e. The first-order chi connectivity index (χ1) is 12.2. The molecule has 0 spiro atoms. The predicted octanol–water partition coefficient (Wildman–Crippen LogP) is 2.30. The van der Waals surface area contributed by atoms with Gasteiger partial charge in [-0.1, -0.05) is 24.3 Å². The van der Waals surface area contributed by atoms with Crippen LogP contribution in [0.1, 0.15) is 34.7 Å². The third-order valence-corrected chi connectivity index (χ3v) is 5.63. The second kappa shape index (κ2) is 6.64. The molecule has 0 saturated heterocycles. The minimum Gasteiger partial charge on any atom is -0.384 e. The largest absolute Gasteiger partial charge is 0.384 e. The van der Waals surface area contributed by atoms with Gasteiger partial charge in [-0.15, -0.1) is 0 Å². The quantitative estimate of drug-likeness (QED) is 0.859. The highest BCUT2D eigenvalue weighted by molar-refractivity contribution is 5.77. The highest BCUT2D eigenvalue weighted by Gasteiger charge is 2.32. The van der Waals surface area contributed by atoms with Gasteiger partial charge in [0.05, 0.1) is 25.0 Å². The molecule has 0 unspecified atom stereocenters. The Morgan fingerprint density at radius 3 is 2.68 bits per heavy atom. The lowest BCUT2D eigenvalue weighted by Crippen LogP contribution is -2.40. The molecule has 5 nitrogen and oxygen atoms in total. The van der Waals surface area contributed by atoms with Gasteiger partial charge in [-0.25, -0.2) is 0 Å². The Labute approximate surface area is 148 Å². The third kappa shape index (κ3) is 3.09. The first kappa shape index (κ1) is 16.3. The Balaban J connectivity index is 1.45. The Kier molecular flexibility index (Phi) is 4.34. The first-order valence-electron chi connectivity index (χ1n) is 9.00. The van der Waals surface area contributed by atoms with Crippen LogP contribution in [0.25, 0.3) is 0 Å². The summed E-state index contributed by atoms with van der Waals surface area (Å²) in [6, 6.07) is 8.56. The number of amides is 1. The fourth-order valence-corrected chi connectivity index (χ4v) is 4.33. The van der Waals surface area contributed by atoms with Crippen molar-refractivity contribution in [3.05, 3.63) is 52.8 Å². The number of benzene rings is 1. The highest BCUT2D eigenvalue weighted by atomic mass is 16.5. The van der Waals surface area contributed by atoms with Crippen LogP contribution in [0.5, 0.6) is 0 Å². The number of fused-ring (bicyclic) bond motifs is 2. The van der Waals surface area contributed by atoms with Crippen LogP contribution in [-0.2, 0) is 36.0 Å². The summed E-state index contributed by atoms with van der Waals surface area (Å²) < 4.78 is 7.27. The first-order valence-corrected chi connectivity index (χ1v) is 9.00. The van der Waals surface area contributed by atoms with E-state index >= 15 is 0 Å². The van der Waals surface area contributed by atoms with E-state index in [-0.39, 0.29) is 11.8 Å². The van der Waals surface area contributed by atoms with Crippen molar-refractivity contribution in [2.24, 2.45) is 13.0 Å². The molecule has 0 fully saturated rings. The van der Waals surface area contributed by atoms with E-state index in [0.29, 0.717) is 25.5 Å². The fraction of sp³-hybridized carbons (Fsp3) is 0.500. The topological polar surface area (TPSA) is 47.4 Å². The lowest BCUT2D eigenvalue weighted by molar-refractivity contribution is -0.133. The van der Waals surface area contributed by atoms with E-state index in [4.69, 9.17) is 4.74 Å². The van der Waals surface area contributed by atoms with Crippen molar-refractivity contribution in [1.29, 1.82) is 0 Å². The molecule has 2 aromatic rings. The lowest BCUT2D eigenvalue weighted by Gasteiger charge is -2.33. The number of carbonyl (C=O) groups excluding carboxylic acids is 1. The third-order valence-electron chi connectivity index (χ3n) is 5.63. The van der Waals surface area contributed by atoms with Crippen LogP contribution < -0.4 is 0 Å². The predicted molar refractivity (Wildman–Crippen MR) is 95.2 cm³/mol. The Bertz CT molecular complexity index is 758. The van der Waals surface area contributed by atoms with Crippen molar-refractivity contribution in [3.8, 4) is 0 Å². The molecular formula is C20H25N3O2. The molecule has 1 aliphatic heterocycles. The summed E-state index contributed by atoms with van der Waals surface area (Å²) in [5.41, 5.74) is 5.17. The van der Waals surface area contributed by atoms with Crippen LogP contribution in [0, 0.1) is 5.92 Å². The van der Waals surface area contributed by atoms with Gasteiger partial charge >= 0.3 is 0 Å². The van der Waals surface area contributed by atoms with Crippen molar-refractivity contribution in [1.82, 2.24) is 14.7 Å². The van der Waals surface area contributed by atoms with Crippen LogP contribution >= 0.6 is 0 Å². The van der Waals surface area contributed by atoms with E-state index in [1.165, 1.54) is 16.7 Å². The maximum Gasteiger partial charge on any atom is 0.223 e. The van der Waals surface area contributed by atoms with Gasteiger partial charge in [-0.05, 0) is 29.9 Å². The average Bonchev–Trinajstić information content (AvgIpc) is 3.18. The minimum atomic E-state index is 0.215. The fourth-order valence-electron chi connectivity index (χ4n) is 4.33. The molecule has 4 rings (SSSR count). The number of aromatic nitrogens is 2. The number of aryl methyl sites for hydroxylation is 1. The summed E-state index contributed by atoms with van der Waals surface area (Å²) in [7, 11) is 3.66. The molecule has 2 heterocycles. The van der Waals surface area contributed by atoms with Gasteiger partial charge in [0.15, 0.2) is 0 Å². The van der Waals surface area contributed by atoms with E-state index < -0.39 is 0 Å². The molecule has 1 amide bonds. The number of ether oxygens (including phenoxy) is 1. The van der Waals surface area contributed by atoms with E-state index in [1.54, 1.807) is 7.11 Å². The van der Waals surface area contributed by atoms with Crippen LogP contribution in [0.15, 0.2) is 30.5 Å². The normalized spacial score (nSPS) is 19.8. The maximum atomic E-state index is 13.0. The summed E-state index contributed by atoms with van der Waals surface area (Å²) >= 11 is 0. The molecule has 2 aliphatic rings. The van der Waals surface area contributed by atoms with Crippen molar-refractivity contribution in [2.75, 3.05) is 20.3 Å². The van der Waals surface area contributed by atoms with Crippen LogP contribution in [0.3, 0.4) is 0 Å². The molecular weight excluding hydrogens is 314 g/mol. The molecule has 0 bridgehead atoms. The van der Waals surface area contributed by atoms with Gasteiger partial charge in [0.25, 0.3) is 0 Å². The average molecular weight is 339 g/mol. The van der Waals surface area contributed by atoms with Gasteiger partial charge in [0, 0.05) is 38.6 Å². The Morgan fingerprint density at radius 1 is 1.28 bits per heavy atom. The second-order valence-electron chi connectivity index (χ2n) is 7.34. The summed E-state index contributed by atoms with van der Waals surface area (Å²) in [6.45, 7) is 2.01. The van der Waals surface area contributed by atoms with Crippen molar-refractivity contribution < 1.29 is 9.53 Å². The molecule has 1 aliphatic carbocycles. The summed E-state index contributed by atoms with van der Waals surface area (Å²) in [5, 5.41) is 4.38. The standard InChI is InChI=1S/C20H25N3O2/c1-22-19-12-23(11-17(13-25-2)18(19)10-21-22)20(24)9-14-7-15-5-3-4-6-16(15)8-14/h3-6,10,14,17H,7-9,11-13H2,1-2H3/t17-/m1/s1. The van der Waals surface area contributed by atoms with Crippen molar-refractivity contribution in [2.45, 2.75) is 31.7 Å². The van der Waals surface area contributed by atoms with Gasteiger partial charge < -0.3 is 9.64 Å². The number of rotatable bonds is 4. The Hall–Kier alpha value is -2.14. The number of methoxy groups -OCH3 is 1. The van der Waals surface area contributed by atoms with Crippen LogP contribution in [0.2, 0.25) is 0 Å². The molecule has 1 atom stereocenters. The zero-order valence-electron chi connectivity index (χ0n) is 14.9. The maximum absolute atomic E-state index is 13.0. The van der Waals surface area contributed by atoms with Gasteiger partial charge in [0.1, 0.15) is 0 Å². The van der Waals surface area contributed by atoms with Crippen LogP contribution in [-0.4, -0.2) is 40.8 Å². The SMILES string of the molecule is COC[C@H]1CN(C(=O)CC2Cc3ccccc3C2)Cc2c1cnn2C. The van der Waals surface area contributed by atoms with Crippen molar-refractivity contribution in [3.63, 3.8) is 0 Å². The van der Waals surface area contributed by atoms with Crippen molar-refractivity contribution >= 4 is 5.91 Å². The molecule has 132 valence electrons. The lowest BCUT2D eigenvalue weighted by atomic mass is 9.94. The van der Waals surface area contributed by atoms with E-state index in [2.05, 4.69) is 29.4 Å². The minimum absolute atomic E-state index is 0.215. The molecule has 5 heteroatoms. The molecule has 1 aromatic heterocycles. The zero-order chi connectivity index (χ0) is 17.4. The van der Waals surface area contributed by atoms with E-state index in [1.807, 2.05) is 22.8 Å². The van der Waals surface area contributed by atoms with Gasteiger partial charge in [-0.3, -0.25) is 9.48 Å². The van der Waals surface area contributed by atoms with E-state index in [9.17, 15) is 4.79 Å². The zero-order valence-corrected chi connectivity index (χ0v) is 14.9. The molecule has 25 heavy (non-hydrogen) atoms. The molecule has 0 radical (unpaired) electrons. The summed E-state index contributed by atoms with van der Waals surface area (Å²) in [4.78, 5) is 15.0. The van der Waals surface area contributed by atoms with Gasteiger partial charge in [0.2, 0.25) is 5.91 Å². The Morgan fingerprint density at radius 2 is 2.00 bits per heavy atom.